The Bertz CT molecular complexity index is 1100. The number of nitrogens with one attached hydrogen (secondary N) is 2. The van der Waals surface area contributed by atoms with Crippen molar-refractivity contribution in [1.82, 2.24) is 15.5 Å². The highest BCUT2D eigenvalue weighted by molar-refractivity contribution is 5.95. The number of methoxy groups -OCH3 is 1. The van der Waals surface area contributed by atoms with Crippen LogP contribution in [0, 0.1) is 13.8 Å². The molecule has 35 heavy (non-hydrogen) atoms. The minimum absolute atomic E-state index is 0.257. The molecule has 8 heteroatoms. The van der Waals surface area contributed by atoms with Crippen molar-refractivity contribution in [1.29, 1.82) is 0 Å². The maximum atomic E-state index is 13.0. The predicted octanol–water partition coefficient (Wildman–Crippen LogP) is 3.31. The van der Waals surface area contributed by atoms with Gasteiger partial charge in [-0.1, -0.05) is 24.3 Å². The number of esters is 1. The summed E-state index contributed by atoms with van der Waals surface area (Å²) in [6.07, 6.45) is 0. The van der Waals surface area contributed by atoms with Crippen molar-refractivity contribution in [3.63, 3.8) is 0 Å². The summed E-state index contributed by atoms with van der Waals surface area (Å²) in [7, 11) is 1.60. The van der Waals surface area contributed by atoms with E-state index in [-0.39, 0.29) is 12.6 Å². The van der Waals surface area contributed by atoms with Crippen molar-refractivity contribution >= 4 is 17.7 Å². The Hall–Kier alpha value is -3.52. The van der Waals surface area contributed by atoms with Crippen molar-refractivity contribution in [3.05, 3.63) is 70.4 Å². The molecule has 1 unspecified atom stereocenters. The lowest BCUT2D eigenvalue weighted by Crippen LogP contribution is -2.52. The lowest BCUT2D eigenvalue weighted by molar-refractivity contribution is -0.139. The van der Waals surface area contributed by atoms with Crippen LogP contribution in [-0.4, -0.2) is 63.3 Å². The van der Waals surface area contributed by atoms with Gasteiger partial charge in [-0.2, -0.15) is 0 Å². The van der Waals surface area contributed by atoms with Crippen molar-refractivity contribution in [3.8, 4) is 5.75 Å². The number of amides is 2. The molecule has 2 aromatic rings. The monoisotopic (exact) mass is 478 g/mol. The number of aryl methyl sites for hydroxylation is 1. The Morgan fingerprint density at radius 1 is 1.06 bits per heavy atom. The molecule has 2 aromatic carbocycles. The van der Waals surface area contributed by atoms with Gasteiger partial charge in [0.1, 0.15) is 5.75 Å². The summed E-state index contributed by atoms with van der Waals surface area (Å²) >= 11 is 0. The largest absolute Gasteiger partial charge is 0.497 e. The first kappa shape index (κ1) is 24.6. The third-order valence-corrected chi connectivity index (χ3v) is 6.77. The molecule has 1 saturated heterocycles. The zero-order valence-electron chi connectivity index (χ0n) is 20.9. The molecule has 2 aliphatic heterocycles. The van der Waals surface area contributed by atoms with Gasteiger partial charge in [0.05, 0.1) is 25.3 Å². The van der Waals surface area contributed by atoms with Crippen LogP contribution in [0.25, 0.3) is 0 Å². The first-order chi connectivity index (χ1) is 16.9. The third kappa shape index (κ3) is 5.43. The van der Waals surface area contributed by atoms with Crippen LogP contribution in [0.15, 0.2) is 53.7 Å². The highest BCUT2D eigenvalue weighted by Crippen LogP contribution is 2.30. The first-order valence-corrected chi connectivity index (χ1v) is 12.1. The normalized spacial score (nSPS) is 18.7. The zero-order valence-corrected chi connectivity index (χ0v) is 20.9. The van der Waals surface area contributed by atoms with Gasteiger partial charge in [0, 0.05) is 44.1 Å². The van der Waals surface area contributed by atoms with Gasteiger partial charge in [0.15, 0.2) is 0 Å². The van der Waals surface area contributed by atoms with Crippen molar-refractivity contribution in [2.24, 2.45) is 0 Å². The Labute approximate surface area is 206 Å². The number of nitrogens with zero attached hydrogens (tertiary/aromatic N) is 2. The van der Waals surface area contributed by atoms with E-state index in [0.717, 1.165) is 31.7 Å². The number of ether oxygens (including phenoxy) is 2. The summed E-state index contributed by atoms with van der Waals surface area (Å²) in [5.41, 5.74) is 5.69. The van der Waals surface area contributed by atoms with E-state index in [1.165, 1.54) is 16.8 Å². The minimum Gasteiger partial charge on any atom is -0.497 e. The van der Waals surface area contributed by atoms with Gasteiger partial charge in [-0.3, -0.25) is 4.90 Å². The van der Waals surface area contributed by atoms with Gasteiger partial charge >= 0.3 is 12.0 Å². The molecule has 0 radical (unpaired) electrons. The van der Waals surface area contributed by atoms with Crippen molar-refractivity contribution in [2.45, 2.75) is 26.8 Å². The van der Waals surface area contributed by atoms with Crippen LogP contribution in [0.5, 0.6) is 5.75 Å². The van der Waals surface area contributed by atoms with Gasteiger partial charge in [0.25, 0.3) is 0 Å². The Kier molecular flexibility index (Phi) is 7.60. The molecule has 186 valence electrons. The van der Waals surface area contributed by atoms with Crippen LogP contribution >= 0.6 is 0 Å². The maximum Gasteiger partial charge on any atom is 0.338 e. The molecular formula is C27H34N4O4. The first-order valence-electron chi connectivity index (χ1n) is 12.1. The molecule has 0 saturated carbocycles. The average molecular weight is 479 g/mol. The topological polar surface area (TPSA) is 83.1 Å². The molecule has 0 aliphatic carbocycles. The average Bonchev–Trinajstić information content (AvgIpc) is 2.86. The molecule has 1 fully saturated rings. The van der Waals surface area contributed by atoms with E-state index in [2.05, 4.69) is 52.5 Å². The number of urea groups is 1. The Balaban J connectivity index is 1.56. The number of hydrogen-bond acceptors (Lipinski definition) is 6. The number of piperazine rings is 1. The lowest BCUT2D eigenvalue weighted by atomic mass is 9.94. The van der Waals surface area contributed by atoms with Gasteiger partial charge in [-0.05, 0) is 55.7 Å². The highest BCUT2D eigenvalue weighted by Gasteiger charge is 2.34. The van der Waals surface area contributed by atoms with Crippen molar-refractivity contribution in [2.75, 3.05) is 51.3 Å². The molecular weight excluding hydrogens is 444 g/mol. The van der Waals surface area contributed by atoms with Crippen LogP contribution in [-0.2, 0) is 9.53 Å². The summed E-state index contributed by atoms with van der Waals surface area (Å²) in [6.45, 7) is 10.2. The van der Waals surface area contributed by atoms with E-state index in [1.54, 1.807) is 14.0 Å². The SMILES string of the molecule is CCOC(=O)C1=C(CN2CCN(c3cccc(C)c3C)CC2)NC(=O)NC1c1ccc(OC)cc1. The number of carbonyl (C=O) groups excluding carboxylic acids is 2. The molecule has 0 aromatic heterocycles. The van der Waals surface area contributed by atoms with Crippen LogP contribution in [0.3, 0.4) is 0 Å². The molecule has 2 aliphatic rings. The van der Waals surface area contributed by atoms with E-state index in [4.69, 9.17) is 9.47 Å². The third-order valence-electron chi connectivity index (χ3n) is 6.77. The number of carbonyl (C=O) groups is 2. The summed E-state index contributed by atoms with van der Waals surface area (Å²) in [5.74, 6) is 0.280. The molecule has 4 rings (SSSR count). The molecule has 2 N–H and O–H groups in total. The minimum atomic E-state index is -0.597. The predicted molar refractivity (Wildman–Crippen MR) is 136 cm³/mol. The molecule has 0 bridgehead atoms. The number of hydrogen-bond donors (Lipinski definition) is 2. The van der Waals surface area contributed by atoms with E-state index in [0.29, 0.717) is 23.6 Å². The quantitative estimate of drug-likeness (QED) is 0.594. The summed E-state index contributed by atoms with van der Waals surface area (Å²) in [4.78, 5) is 30.3. The molecule has 1 atom stereocenters. The second kappa shape index (κ2) is 10.8. The van der Waals surface area contributed by atoms with Crippen LogP contribution in [0.4, 0.5) is 10.5 Å². The Morgan fingerprint density at radius 2 is 1.77 bits per heavy atom. The van der Waals surface area contributed by atoms with Crippen LogP contribution in [0.1, 0.15) is 29.7 Å². The van der Waals surface area contributed by atoms with E-state index in [9.17, 15) is 9.59 Å². The molecule has 0 spiro atoms. The number of rotatable bonds is 7. The van der Waals surface area contributed by atoms with Crippen LogP contribution in [0.2, 0.25) is 0 Å². The fraction of sp³-hybridized carbons (Fsp3) is 0.407. The number of benzene rings is 2. The smallest absolute Gasteiger partial charge is 0.338 e. The molecule has 8 nitrogen and oxygen atoms in total. The maximum absolute atomic E-state index is 13.0. The second-order valence-electron chi connectivity index (χ2n) is 8.90. The summed E-state index contributed by atoms with van der Waals surface area (Å²) < 4.78 is 10.6. The molecule has 2 heterocycles. The fourth-order valence-electron chi connectivity index (χ4n) is 4.69. The fourth-order valence-corrected chi connectivity index (χ4v) is 4.69. The van der Waals surface area contributed by atoms with Gasteiger partial charge < -0.3 is 25.0 Å². The Morgan fingerprint density at radius 3 is 2.43 bits per heavy atom. The second-order valence-corrected chi connectivity index (χ2v) is 8.90. The van der Waals surface area contributed by atoms with E-state index < -0.39 is 12.0 Å². The summed E-state index contributed by atoms with van der Waals surface area (Å²) in [5, 5.41) is 5.77. The molecule has 2 amide bonds. The van der Waals surface area contributed by atoms with E-state index >= 15 is 0 Å². The van der Waals surface area contributed by atoms with Gasteiger partial charge in [0.2, 0.25) is 0 Å². The highest BCUT2D eigenvalue weighted by atomic mass is 16.5. The lowest BCUT2D eigenvalue weighted by Gasteiger charge is -2.38. The van der Waals surface area contributed by atoms with E-state index in [1.807, 2.05) is 24.3 Å². The van der Waals surface area contributed by atoms with Gasteiger partial charge in [-0.15, -0.1) is 0 Å². The summed E-state index contributed by atoms with van der Waals surface area (Å²) in [6, 6.07) is 12.8. The number of anilines is 1. The van der Waals surface area contributed by atoms with Gasteiger partial charge in [-0.25, -0.2) is 9.59 Å². The zero-order chi connectivity index (χ0) is 24.9. The van der Waals surface area contributed by atoms with Crippen molar-refractivity contribution < 1.29 is 19.1 Å². The van der Waals surface area contributed by atoms with Crippen LogP contribution < -0.4 is 20.3 Å². The standard InChI is InChI=1S/C27H34N4O4/c1-5-35-26(32)24-22(28-27(33)29-25(24)20-9-11-21(34-4)12-10-20)17-30-13-15-31(16-14-30)23-8-6-7-18(2)19(23)3/h6-12,25H,5,13-17H2,1-4H3,(H2,28,29,33).